The van der Waals surface area contributed by atoms with Crippen molar-refractivity contribution in [2.45, 2.75) is 32.8 Å². The van der Waals surface area contributed by atoms with Crippen molar-refractivity contribution in [3.8, 4) is 0 Å². The quantitative estimate of drug-likeness (QED) is 0.403. The molecule has 152 valence electrons. The Bertz CT molecular complexity index is 610. The summed E-state index contributed by atoms with van der Waals surface area (Å²) in [6.07, 6.45) is 2.71. The molecular formula is C21H35IN4O. The Morgan fingerprint density at radius 1 is 1.26 bits per heavy atom. The molecule has 1 N–H and O–H groups in total. The zero-order chi connectivity index (χ0) is 18.4. The van der Waals surface area contributed by atoms with E-state index in [2.05, 4.69) is 60.3 Å². The van der Waals surface area contributed by atoms with Crippen LogP contribution in [0, 0.1) is 12.8 Å². The maximum absolute atomic E-state index is 6.08. The molecule has 2 atom stereocenters. The van der Waals surface area contributed by atoms with E-state index in [-0.39, 0.29) is 30.1 Å². The lowest BCUT2D eigenvalue weighted by atomic mass is 9.99. The van der Waals surface area contributed by atoms with E-state index in [9.17, 15) is 0 Å². The highest BCUT2D eigenvalue weighted by atomic mass is 127. The summed E-state index contributed by atoms with van der Waals surface area (Å²) in [6.45, 7) is 11.0. The standard InChI is InChI=1S/C21H34N4O.HI/c1-4-22-21(23-14-18-9-7-11-24(3)15-18)25-12-13-26-20(16-25)19-10-6-5-8-17(19)2;/h5-6,8,10,18,20H,4,7,9,11-16H2,1-3H3,(H,22,23);1H. The molecule has 2 heterocycles. The molecule has 1 aromatic rings. The van der Waals surface area contributed by atoms with Gasteiger partial charge >= 0.3 is 0 Å². The van der Waals surface area contributed by atoms with Crippen LogP contribution in [0.3, 0.4) is 0 Å². The van der Waals surface area contributed by atoms with Crippen molar-refractivity contribution in [1.29, 1.82) is 0 Å². The summed E-state index contributed by atoms with van der Waals surface area (Å²) in [4.78, 5) is 9.80. The number of halogens is 1. The summed E-state index contributed by atoms with van der Waals surface area (Å²) in [5.41, 5.74) is 2.59. The van der Waals surface area contributed by atoms with Crippen molar-refractivity contribution in [1.82, 2.24) is 15.1 Å². The van der Waals surface area contributed by atoms with Crippen molar-refractivity contribution in [3.63, 3.8) is 0 Å². The lowest BCUT2D eigenvalue weighted by Gasteiger charge is -2.36. The number of nitrogens with one attached hydrogen (secondary N) is 1. The summed E-state index contributed by atoms with van der Waals surface area (Å²) >= 11 is 0. The van der Waals surface area contributed by atoms with Gasteiger partial charge in [-0.25, -0.2) is 0 Å². The molecule has 6 heteroatoms. The molecule has 0 radical (unpaired) electrons. The highest BCUT2D eigenvalue weighted by Crippen LogP contribution is 2.25. The third-order valence-corrected chi connectivity index (χ3v) is 5.46. The largest absolute Gasteiger partial charge is 0.370 e. The number of ether oxygens (including phenoxy) is 1. The summed E-state index contributed by atoms with van der Waals surface area (Å²) in [7, 11) is 2.22. The van der Waals surface area contributed by atoms with Crippen LogP contribution in [0.1, 0.15) is 37.0 Å². The van der Waals surface area contributed by atoms with Crippen LogP contribution in [0.2, 0.25) is 0 Å². The minimum atomic E-state index is 0. The van der Waals surface area contributed by atoms with E-state index < -0.39 is 0 Å². The van der Waals surface area contributed by atoms with E-state index in [1.165, 1.54) is 30.5 Å². The van der Waals surface area contributed by atoms with Crippen molar-refractivity contribution >= 4 is 29.9 Å². The molecule has 0 aliphatic carbocycles. The van der Waals surface area contributed by atoms with Crippen LogP contribution in [0.15, 0.2) is 29.3 Å². The lowest BCUT2D eigenvalue weighted by Crippen LogP contribution is -2.48. The predicted molar refractivity (Wildman–Crippen MR) is 123 cm³/mol. The fourth-order valence-corrected chi connectivity index (χ4v) is 4.04. The van der Waals surface area contributed by atoms with Gasteiger partial charge in [0.2, 0.25) is 0 Å². The first-order chi connectivity index (χ1) is 12.7. The van der Waals surface area contributed by atoms with Gasteiger partial charge in [-0.2, -0.15) is 0 Å². The molecule has 0 bridgehead atoms. The van der Waals surface area contributed by atoms with Crippen molar-refractivity contribution in [3.05, 3.63) is 35.4 Å². The molecule has 5 nitrogen and oxygen atoms in total. The van der Waals surface area contributed by atoms with Crippen LogP contribution in [0.4, 0.5) is 0 Å². The maximum atomic E-state index is 6.08. The Labute approximate surface area is 181 Å². The maximum Gasteiger partial charge on any atom is 0.194 e. The SMILES string of the molecule is CCNC(=NCC1CCCN(C)C1)N1CCOC(c2ccccc2C)C1.I. The number of morpholine rings is 1. The Morgan fingerprint density at radius 3 is 2.81 bits per heavy atom. The fourth-order valence-electron chi connectivity index (χ4n) is 4.04. The van der Waals surface area contributed by atoms with E-state index in [1.807, 2.05) is 0 Å². The normalized spacial score (nSPS) is 24.4. The second-order valence-corrected chi connectivity index (χ2v) is 7.63. The smallest absolute Gasteiger partial charge is 0.194 e. The number of aryl methyl sites for hydroxylation is 1. The number of guanidine groups is 1. The van der Waals surface area contributed by atoms with Crippen LogP contribution in [-0.4, -0.2) is 68.7 Å². The molecule has 0 aromatic heterocycles. The molecule has 2 fully saturated rings. The average Bonchev–Trinajstić information content (AvgIpc) is 2.66. The topological polar surface area (TPSA) is 40.1 Å². The van der Waals surface area contributed by atoms with Crippen LogP contribution in [-0.2, 0) is 4.74 Å². The van der Waals surface area contributed by atoms with E-state index in [0.717, 1.165) is 45.3 Å². The first-order valence-corrected chi connectivity index (χ1v) is 10.1. The van der Waals surface area contributed by atoms with Gasteiger partial charge in [0.15, 0.2) is 5.96 Å². The van der Waals surface area contributed by atoms with Gasteiger partial charge in [0.1, 0.15) is 6.10 Å². The monoisotopic (exact) mass is 486 g/mol. The summed E-state index contributed by atoms with van der Waals surface area (Å²) in [6, 6.07) is 8.54. The zero-order valence-corrected chi connectivity index (χ0v) is 19.3. The van der Waals surface area contributed by atoms with Crippen LogP contribution < -0.4 is 5.32 Å². The van der Waals surface area contributed by atoms with E-state index >= 15 is 0 Å². The van der Waals surface area contributed by atoms with Gasteiger partial charge < -0.3 is 19.9 Å². The van der Waals surface area contributed by atoms with E-state index in [4.69, 9.17) is 9.73 Å². The third-order valence-electron chi connectivity index (χ3n) is 5.46. The van der Waals surface area contributed by atoms with Gasteiger partial charge in [0.25, 0.3) is 0 Å². The molecule has 2 aliphatic rings. The van der Waals surface area contributed by atoms with Gasteiger partial charge in [-0.15, -0.1) is 24.0 Å². The Morgan fingerprint density at radius 2 is 2.07 bits per heavy atom. The van der Waals surface area contributed by atoms with Gasteiger partial charge in [0, 0.05) is 26.2 Å². The van der Waals surface area contributed by atoms with Crippen molar-refractivity contribution in [2.75, 3.05) is 52.9 Å². The lowest BCUT2D eigenvalue weighted by molar-refractivity contribution is -0.00836. The minimum Gasteiger partial charge on any atom is -0.370 e. The van der Waals surface area contributed by atoms with Gasteiger partial charge in [-0.05, 0) is 57.3 Å². The molecule has 0 saturated carbocycles. The first-order valence-electron chi connectivity index (χ1n) is 10.1. The Balaban J connectivity index is 0.00000261. The fraction of sp³-hybridized carbons (Fsp3) is 0.667. The molecule has 2 aliphatic heterocycles. The van der Waals surface area contributed by atoms with Gasteiger partial charge in [0.05, 0.1) is 13.2 Å². The highest BCUT2D eigenvalue weighted by molar-refractivity contribution is 14.0. The number of rotatable bonds is 4. The number of piperidine rings is 1. The van der Waals surface area contributed by atoms with Gasteiger partial charge in [-0.1, -0.05) is 24.3 Å². The Hall–Kier alpha value is -0.860. The molecule has 2 unspecified atom stereocenters. The molecule has 1 aromatic carbocycles. The first kappa shape index (κ1) is 22.4. The third kappa shape index (κ3) is 6.32. The van der Waals surface area contributed by atoms with Crippen LogP contribution >= 0.6 is 24.0 Å². The van der Waals surface area contributed by atoms with Crippen LogP contribution in [0.25, 0.3) is 0 Å². The molecule has 3 rings (SSSR count). The van der Waals surface area contributed by atoms with Crippen molar-refractivity contribution in [2.24, 2.45) is 10.9 Å². The number of nitrogens with zero attached hydrogens (tertiary/aromatic N) is 3. The second kappa shape index (κ2) is 11.2. The molecule has 0 amide bonds. The summed E-state index contributed by atoms with van der Waals surface area (Å²) in [5.74, 6) is 1.72. The zero-order valence-electron chi connectivity index (χ0n) is 17.0. The van der Waals surface area contributed by atoms with E-state index in [0.29, 0.717) is 5.92 Å². The predicted octanol–water partition coefficient (Wildman–Crippen LogP) is 3.29. The number of likely N-dealkylation sites (tertiary alicyclic amines) is 1. The molecule has 0 spiro atoms. The number of benzene rings is 1. The molecule has 2 saturated heterocycles. The molecular weight excluding hydrogens is 451 g/mol. The van der Waals surface area contributed by atoms with E-state index in [1.54, 1.807) is 0 Å². The highest BCUT2D eigenvalue weighted by Gasteiger charge is 2.25. The molecule has 27 heavy (non-hydrogen) atoms. The number of aliphatic imine (C=N–C) groups is 1. The number of hydrogen-bond acceptors (Lipinski definition) is 3. The average molecular weight is 486 g/mol. The Kier molecular flexibility index (Phi) is 9.32. The van der Waals surface area contributed by atoms with Crippen molar-refractivity contribution < 1.29 is 4.74 Å². The summed E-state index contributed by atoms with van der Waals surface area (Å²) < 4.78 is 6.08. The summed E-state index contributed by atoms with van der Waals surface area (Å²) in [5, 5.41) is 3.50. The van der Waals surface area contributed by atoms with Crippen LogP contribution in [0.5, 0.6) is 0 Å². The second-order valence-electron chi connectivity index (χ2n) is 7.63. The number of hydrogen-bond donors (Lipinski definition) is 1. The van der Waals surface area contributed by atoms with Gasteiger partial charge in [-0.3, -0.25) is 4.99 Å². The minimum absolute atomic E-state index is 0.